The second-order valence-electron chi connectivity index (χ2n) is 9.21. The number of ether oxygens (including phenoxy) is 7. The molecule has 4 rings (SSSR count). The first-order chi connectivity index (χ1) is 17.5. The Labute approximate surface area is 209 Å². The van der Waals surface area contributed by atoms with Crippen LogP contribution in [0, 0.1) is 0 Å². The molecule has 4 saturated heterocycles. The lowest BCUT2D eigenvalue weighted by Crippen LogP contribution is -2.62. The summed E-state index contributed by atoms with van der Waals surface area (Å²) in [6, 6.07) is 0. The van der Waals surface area contributed by atoms with E-state index in [1.807, 2.05) is 0 Å². The Morgan fingerprint density at radius 1 is 0.514 bits per heavy atom. The van der Waals surface area contributed by atoms with Crippen LogP contribution in [0.5, 0.6) is 0 Å². The second-order valence-corrected chi connectivity index (χ2v) is 9.21. The highest BCUT2D eigenvalue weighted by Gasteiger charge is 2.49. The van der Waals surface area contributed by atoms with Crippen molar-refractivity contribution in [2.45, 2.75) is 92.1 Å². The molecular weight excluding hydrogens is 512 g/mol. The lowest BCUT2D eigenvalue weighted by atomic mass is 10.0. The number of aliphatic hydroxyl groups is 9. The molecule has 0 aliphatic carbocycles. The van der Waals surface area contributed by atoms with Crippen molar-refractivity contribution in [1.82, 2.24) is 0 Å². The van der Waals surface area contributed by atoms with E-state index in [-0.39, 0.29) is 19.8 Å². The first-order valence-electron chi connectivity index (χ1n) is 11.6. The van der Waals surface area contributed by atoms with Crippen LogP contribution in [0.1, 0.15) is 0 Å². The van der Waals surface area contributed by atoms with E-state index < -0.39 is 105 Å². The van der Waals surface area contributed by atoms with Gasteiger partial charge in [0.15, 0.2) is 25.0 Å². The van der Waals surface area contributed by atoms with Gasteiger partial charge in [-0.25, -0.2) is 4.79 Å². The normalized spacial score (nSPS) is 51.5. The quantitative estimate of drug-likeness (QED) is 0.141. The van der Waals surface area contributed by atoms with Crippen LogP contribution in [-0.4, -0.2) is 170 Å². The monoisotopic (exact) mass is 544 g/mol. The number of esters is 1. The molecular formula is C20H32O17. The van der Waals surface area contributed by atoms with Crippen molar-refractivity contribution >= 4 is 5.97 Å². The maximum Gasteiger partial charge on any atom is 0.337 e. The minimum absolute atomic E-state index is 0.334. The van der Waals surface area contributed by atoms with Crippen LogP contribution in [0.15, 0.2) is 0 Å². The Morgan fingerprint density at radius 2 is 0.919 bits per heavy atom. The Kier molecular flexibility index (Phi) is 9.32. The van der Waals surface area contributed by atoms with E-state index >= 15 is 0 Å². The van der Waals surface area contributed by atoms with Crippen LogP contribution in [0.2, 0.25) is 0 Å². The maximum atomic E-state index is 11.3. The molecule has 0 unspecified atom stereocenters. The Bertz CT molecular complexity index is 771. The van der Waals surface area contributed by atoms with Gasteiger partial charge in [-0.3, -0.25) is 0 Å². The van der Waals surface area contributed by atoms with E-state index in [9.17, 15) is 50.8 Å². The summed E-state index contributed by atoms with van der Waals surface area (Å²) in [5.41, 5.74) is 0. The highest BCUT2D eigenvalue weighted by Crippen LogP contribution is 2.28. The molecule has 15 atom stereocenters. The first-order valence-corrected chi connectivity index (χ1v) is 11.6. The zero-order valence-electron chi connectivity index (χ0n) is 19.3. The van der Waals surface area contributed by atoms with Crippen molar-refractivity contribution in [1.29, 1.82) is 0 Å². The molecule has 214 valence electrons. The fourth-order valence-corrected chi connectivity index (χ4v) is 4.24. The Morgan fingerprint density at radius 3 is 1.41 bits per heavy atom. The average Bonchev–Trinajstić information content (AvgIpc) is 2.88. The van der Waals surface area contributed by atoms with Gasteiger partial charge in [0.1, 0.15) is 73.8 Å². The van der Waals surface area contributed by atoms with Crippen LogP contribution in [0.4, 0.5) is 0 Å². The number of cyclic esters (lactones) is 1. The van der Waals surface area contributed by atoms with Gasteiger partial charge in [0.25, 0.3) is 0 Å². The van der Waals surface area contributed by atoms with Gasteiger partial charge in [-0.1, -0.05) is 0 Å². The van der Waals surface area contributed by atoms with Crippen LogP contribution >= 0.6 is 0 Å². The van der Waals surface area contributed by atoms with E-state index in [4.69, 9.17) is 28.4 Å². The van der Waals surface area contributed by atoms with Crippen molar-refractivity contribution in [2.75, 3.05) is 26.4 Å². The number of carbonyl (C=O) groups excluding carboxylic acids is 1. The number of aliphatic hydroxyl groups excluding tert-OH is 9. The summed E-state index contributed by atoms with van der Waals surface area (Å²) >= 11 is 0. The standard InChI is InChI=1S/C20H32O17/c21-5-1-32-18(14(27)9(5)22)36-7-3-34-20(16(29)11(7)24)37-8-4-33-19(15(28)12(8)25)35-6-2-31-17(30)13(26)10(6)23/h5-16,18-29H,1-4H2/t5-,6-,7-,8-,9+,10+,11+,12+,13-,14-,15-,16-,18+,19+,20+/m1/s1. The van der Waals surface area contributed by atoms with Gasteiger partial charge in [-0.15, -0.1) is 0 Å². The third kappa shape index (κ3) is 6.06. The minimum atomic E-state index is -1.85. The topological polar surface area (TPSA) is 264 Å². The summed E-state index contributed by atoms with van der Waals surface area (Å²) in [6.45, 7) is -1.52. The molecule has 0 aromatic heterocycles. The summed E-state index contributed by atoms with van der Waals surface area (Å²) in [5, 5.41) is 90.6. The fourth-order valence-electron chi connectivity index (χ4n) is 4.24. The SMILES string of the molecule is O=C1OC[C@@H](O[C@@H]2OC[C@@H](O[C@@H]3OC[C@@H](O[C@@H]4OC[C@@H](O)[C@H](O)[C@H]4O)[C@H](O)[C@H]3O)[C@H](O)[C@H]2O)[C@H](O)[C@H]1O. The molecule has 4 aliphatic rings. The molecule has 0 saturated carbocycles. The predicted octanol–water partition coefficient (Wildman–Crippen LogP) is -6.98. The third-order valence-corrected chi connectivity index (χ3v) is 6.59. The molecule has 0 spiro atoms. The minimum Gasteiger partial charge on any atom is -0.461 e. The van der Waals surface area contributed by atoms with Crippen molar-refractivity contribution in [3.63, 3.8) is 0 Å². The molecule has 0 bridgehead atoms. The largest absolute Gasteiger partial charge is 0.461 e. The zero-order valence-corrected chi connectivity index (χ0v) is 19.3. The smallest absolute Gasteiger partial charge is 0.337 e. The summed E-state index contributed by atoms with van der Waals surface area (Å²) in [6.07, 6.45) is -22.9. The summed E-state index contributed by atoms with van der Waals surface area (Å²) in [4.78, 5) is 11.3. The van der Waals surface area contributed by atoms with Gasteiger partial charge in [-0.2, -0.15) is 0 Å². The highest BCUT2D eigenvalue weighted by atomic mass is 16.8. The van der Waals surface area contributed by atoms with Crippen molar-refractivity contribution in [3.8, 4) is 0 Å². The second kappa shape index (κ2) is 11.9. The van der Waals surface area contributed by atoms with Gasteiger partial charge < -0.3 is 79.1 Å². The number of hydrogen-bond donors (Lipinski definition) is 9. The lowest BCUT2D eigenvalue weighted by molar-refractivity contribution is -0.352. The summed E-state index contributed by atoms with van der Waals surface area (Å²) in [7, 11) is 0. The summed E-state index contributed by atoms with van der Waals surface area (Å²) in [5.74, 6) is -1.04. The average molecular weight is 544 g/mol. The molecule has 17 nitrogen and oxygen atoms in total. The zero-order chi connectivity index (χ0) is 27.0. The van der Waals surface area contributed by atoms with Crippen LogP contribution in [-0.2, 0) is 38.0 Å². The van der Waals surface area contributed by atoms with Crippen LogP contribution < -0.4 is 0 Å². The molecule has 0 radical (unpaired) electrons. The van der Waals surface area contributed by atoms with Crippen molar-refractivity contribution < 1.29 is 83.9 Å². The molecule has 0 aromatic rings. The van der Waals surface area contributed by atoms with Gasteiger partial charge in [0, 0.05) is 0 Å². The van der Waals surface area contributed by atoms with Gasteiger partial charge in [0.05, 0.1) is 19.8 Å². The van der Waals surface area contributed by atoms with Gasteiger partial charge in [-0.05, 0) is 0 Å². The van der Waals surface area contributed by atoms with E-state index in [0.717, 1.165) is 0 Å². The lowest BCUT2D eigenvalue weighted by Gasteiger charge is -2.44. The fraction of sp³-hybridized carbons (Fsp3) is 0.950. The predicted molar refractivity (Wildman–Crippen MR) is 109 cm³/mol. The Hall–Kier alpha value is -1.13. The summed E-state index contributed by atoms with van der Waals surface area (Å²) < 4.78 is 36.7. The third-order valence-electron chi connectivity index (χ3n) is 6.59. The number of rotatable bonds is 6. The van der Waals surface area contributed by atoms with Crippen molar-refractivity contribution in [2.24, 2.45) is 0 Å². The number of carbonyl (C=O) groups is 1. The molecule has 17 heteroatoms. The maximum absolute atomic E-state index is 11.3. The molecule has 4 fully saturated rings. The van der Waals surface area contributed by atoms with E-state index in [2.05, 4.69) is 4.74 Å². The highest BCUT2D eigenvalue weighted by molar-refractivity contribution is 5.76. The van der Waals surface area contributed by atoms with Crippen LogP contribution in [0.25, 0.3) is 0 Å². The van der Waals surface area contributed by atoms with E-state index in [0.29, 0.717) is 0 Å². The Balaban J connectivity index is 1.27. The van der Waals surface area contributed by atoms with E-state index in [1.165, 1.54) is 0 Å². The molecule has 37 heavy (non-hydrogen) atoms. The van der Waals surface area contributed by atoms with Crippen molar-refractivity contribution in [3.05, 3.63) is 0 Å². The molecule has 4 heterocycles. The first kappa shape index (κ1) is 28.9. The molecule has 9 N–H and O–H groups in total. The molecule has 4 aliphatic heterocycles. The molecule has 0 aromatic carbocycles. The molecule has 0 amide bonds. The van der Waals surface area contributed by atoms with Crippen LogP contribution in [0.3, 0.4) is 0 Å². The number of hydrogen-bond acceptors (Lipinski definition) is 17. The van der Waals surface area contributed by atoms with Gasteiger partial charge in [0.2, 0.25) is 0 Å². The van der Waals surface area contributed by atoms with E-state index in [1.54, 1.807) is 0 Å². The van der Waals surface area contributed by atoms with Gasteiger partial charge >= 0.3 is 5.97 Å².